The van der Waals surface area contributed by atoms with E-state index in [1.807, 2.05) is 111 Å². The first-order valence-corrected chi connectivity index (χ1v) is 25.5. The van der Waals surface area contributed by atoms with Crippen molar-refractivity contribution < 1.29 is 28.5 Å². The topological polar surface area (TPSA) is 191 Å². The molecule has 0 spiro atoms. The van der Waals surface area contributed by atoms with Crippen molar-refractivity contribution in [3.05, 3.63) is 107 Å². The van der Waals surface area contributed by atoms with Crippen LogP contribution in [0.4, 0.5) is 10.0 Å². The Balaban J connectivity index is 1.26. The van der Waals surface area contributed by atoms with Gasteiger partial charge in [0, 0.05) is 32.7 Å². The molecule has 1 aliphatic carbocycles. The number of carbonyl (C=O) groups is 2. The number of carbonyl (C=O) groups excluding carboxylic acids is 2. The molecule has 18 heteroatoms. The van der Waals surface area contributed by atoms with Crippen LogP contribution >= 0.6 is 68.0 Å². The lowest BCUT2D eigenvalue weighted by Crippen LogP contribution is -2.45. The minimum absolute atomic E-state index is 0.0992. The maximum Gasteiger partial charge on any atom is 0.333 e. The van der Waals surface area contributed by atoms with Gasteiger partial charge in [0.1, 0.15) is 59.0 Å². The molecule has 9 rings (SSSR count). The standard InChI is InChI=1S/C49H32N6O6S6/c1-3-15-58-31-17-37(54-29(21-50)22-51)66-41(31)33-19-35-43(62-33)39-45(64-35)46-40(44-36(65-46)20-34(63-44)42-32(59-16-4-2)18-38(67-42)55-30(23-52)24-53)49(39,47(56)60-25-27-11-7-5-8-12-27)48(57)61-26-28-13-9-6-10-14-28/h5-14,17-20H,3-4,15-16,25-26H2,1-2H3. The second-order valence-corrected chi connectivity index (χ2v) is 21.0. The lowest BCUT2D eigenvalue weighted by Gasteiger charge is -2.27. The predicted molar refractivity (Wildman–Crippen MR) is 266 cm³/mol. The molecular formula is C49H32N6O6S6. The van der Waals surface area contributed by atoms with Crippen molar-refractivity contribution in [2.75, 3.05) is 13.2 Å². The summed E-state index contributed by atoms with van der Waals surface area (Å²) >= 11 is 8.31. The molecule has 0 saturated heterocycles. The summed E-state index contributed by atoms with van der Waals surface area (Å²) in [5.74, 6) is -0.482. The molecule has 330 valence electrons. The summed E-state index contributed by atoms with van der Waals surface area (Å²) in [7, 11) is 0. The number of hydrogen-bond acceptors (Lipinski definition) is 18. The van der Waals surface area contributed by atoms with Crippen LogP contribution in [0.5, 0.6) is 11.5 Å². The van der Waals surface area contributed by atoms with E-state index in [0.717, 1.165) is 62.6 Å². The summed E-state index contributed by atoms with van der Waals surface area (Å²) in [4.78, 5) is 44.2. The van der Waals surface area contributed by atoms with Crippen LogP contribution in [0, 0.1) is 45.3 Å². The van der Waals surface area contributed by atoms with Gasteiger partial charge in [-0.05, 0) is 36.1 Å². The fourth-order valence-electron chi connectivity index (χ4n) is 7.47. The Hall–Kier alpha value is -7.00. The Morgan fingerprint density at radius 3 is 1.33 bits per heavy atom. The number of rotatable bonds is 16. The molecule has 0 fully saturated rings. The molecule has 0 saturated carbocycles. The monoisotopic (exact) mass is 992 g/mol. The van der Waals surface area contributed by atoms with Crippen molar-refractivity contribution in [2.24, 2.45) is 9.98 Å². The number of esters is 2. The van der Waals surface area contributed by atoms with Crippen LogP contribution < -0.4 is 9.47 Å². The molecule has 6 heterocycles. The first-order valence-electron chi connectivity index (χ1n) is 20.6. The Morgan fingerprint density at radius 2 is 0.955 bits per heavy atom. The summed E-state index contributed by atoms with van der Waals surface area (Å²) in [6, 6.07) is 33.3. The van der Waals surface area contributed by atoms with Gasteiger partial charge in [-0.15, -0.1) is 68.0 Å². The normalized spacial score (nSPS) is 12.0. The smallest absolute Gasteiger partial charge is 0.333 e. The summed E-state index contributed by atoms with van der Waals surface area (Å²) in [5.41, 5.74) is -0.192. The number of hydrogen-bond donors (Lipinski definition) is 0. The van der Waals surface area contributed by atoms with E-state index in [4.69, 9.17) is 18.9 Å². The quantitative estimate of drug-likeness (QED) is 0.0511. The minimum Gasteiger partial charge on any atom is -0.492 e. The molecule has 8 aromatic rings. The van der Waals surface area contributed by atoms with Gasteiger partial charge in [0.15, 0.2) is 0 Å². The van der Waals surface area contributed by atoms with Crippen molar-refractivity contribution in [3.63, 3.8) is 0 Å². The average Bonchev–Trinajstić information content (AvgIpc) is 4.23. The van der Waals surface area contributed by atoms with Gasteiger partial charge < -0.3 is 18.9 Å². The predicted octanol–water partition coefficient (Wildman–Crippen LogP) is 13.3. The van der Waals surface area contributed by atoms with Crippen LogP contribution in [-0.2, 0) is 37.7 Å². The second-order valence-electron chi connectivity index (χ2n) is 14.7. The molecule has 0 bridgehead atoms. The molecule has 2 aromatic carbocycles. The molecule has 12 nitrogen and oxygen atoms in total. The molecular weight excluding hydrogens is 961 g/mol. The maximum atomic E-state index is 15.6. The van der Waals surface area contributed by atoms with E-state index in [-0.39, 0.29) is 24.6 Å². The number of fused-ring (bicyclic) bond motifs is 7. The SMILES string of the molecule is CCCOc1cc(N=C(C#N)C#N)sc1-c1cc2sc3c(c2s1)C(C(=O)OCc1ccccc1)(C(=O)OCc1ccccc1)c1c-3sc2cc(-c3sc(N=C(C#N)C#N)cc3OCCC)sc12. The highest BCUT2D eigenvalue weighted by Gasteiger charge is 2.62. The zero-order valence-corrected chi connectivity index (χ0v) is 40.3. The third kappa shape index (κ3) is 8.41. The van der Waals surface area contributed by atoms with E-state index in [0.29, 0.717) is 55.2 Å². The van der Waals surface area contributed by atoms with Crippen molar-refractivity contribution in [1.82, 2.24) is 0 Å². The summed E-state index contributed by atoms with van der Waals surface area (Å²) in [6.07, 6.45) is 1.47. The molecule has 0 N–H and O–H groups in total. The highest BCUT2D eigenvalue weighted by Crippen LogP contribution is 2.65. The molecule has 0 amide bonds. The number of benzene rings is 2. The Kier molecular flexibility index (Phi) is 13.1. The summed E-state index contributed by atoms with van der Waals surface area (Å²) in [5, 5.41) is 38.7. The highest BCUT2D eigenvalue weighted by atomic mass is 32.1. The van der Waals surface area contributed by atoms with Gasteiger partial charge in [-0.2, -0.15) is 21.0 Å². The molecule has 0 radical (unpaired) electrons. The lowest BCUT2D eigenvalue weighted by molar-refractivity contribution is -0.164. The van der Waals surface area contributed by atoms with Crippen molar-refractivity contribution in [3.8, 4) is 65.0 Å². The fraction of sp³-hybridized carbons (Fsp3) is 0.184. The van der Waals surface area contributed by atoms with Crippen LogP contribution in [0.3, 0.4) is 0 Å². The van der Waals surface area contributed by atoms with E-state index in [9.17, 15) is 21.0 Å². The average molecular weight is 993 g/mol. The van der Waals surface area contributed by atoms with E-state index < -0.39 is 17.4 Å². The fourth-order valence-corrected chi connectivity index (χ4v) is 15.3. The van der Waals surface area contributed by atoms with Gasteiger partial charge in [-0.3, -0.25) is 9.59 Å². The number of aliphatic imine (C=N–C) groups is 2. The van der Waals surface area contributed by atoms with E-state index >= 15 is 9.59 Å². The minimum atomic E-state index is -2.07. The van der Waals surface area contributed by atoms with E-state index in [1.165, 1.54) is 68.0 Å². The van der Waals surface area contributed by atoms with Crippen LogP contribution in [-0.4, -0.2) is 36.6 Å². The summed E-state index contributed by atoms with van der Waals surface area (Å²) < 4.78 is 28.0. The van der Waals surface area contributed by atoms with Crippen LogP contribution in [0.25, 0.3) is 48.1 Å². The summed E-state index contributed by atoms with van der Waals surface area (Å²) in [6.45, 7) is 4.62. The van der Waals surface area contributed by atoms with Gasteiger partial charge in [0.05, 0.1) is 51.9 Å². The van der Waals surface area contributed by atoms with E-state index in [2.05, 4.69) is 9.98 Å². The molecule has 6 aromatic heterocycles. The number of thiophene rings is 6. The Morgan fingerprint density at radius 1 is 0.552 bits per heavy atom. The third-order valence-corrected chi connectivity index (χ3v) is 17.7. The van der Waals surface area contributed by atoms with Crippen LogP contribution in [0.1, 0.15) is 48.9 Å². The van der Waals surface area contributed by atoms with Crippen LogP contribution in [0.15, 0.2) is 94.9 Å². The van der Waals surface area contributed by atoms with E-state index in [1.54, 1.807) is 12.1 Å². The first kappa shape index (κ1) is 45.2. The zero-order chi connectivity index (χ0) is 46.7. The van der Waals surface area contributed by atoms with Crippen LogP contribution in [0.2, 0.25) is 0 Å². The lowest BCUT2D eigenvalue weighted by atomic mass is 9.79. The number of nitriles is 4. The zero-order valence-electron chi connectivity index (χ0n) is 35.4. The molecule has 0 aliphatic heterocycles. The first-order chi connectivity index (χ1) is 32.7. The highest BCUT2D eigenvalue weighted by molar-refractivity contribution is 7.37. The van der Waals surface area contributed by atoms with Crippen molar-refractivity contribution >= 4 is 120 Å². The van der Waals surface area contributed by atoms with Gasteiger partial charge in [-0.25, -0.2) is 9.98 Å². The molecule has 0 atom stereocenters. The van der Waals surface area contributed by atoms with Crippen molar-refractivity contribution in [1.29, 1.82) is 21.0 Å². The number of ether oxygens (including phenoxy) is 4. The maximum absolute atomic E-state index is 15.6. The molecule has 0 unspecified atom stereocenters. The molecule has 67 heavy (non-hydrogen) atoms. The Bertz CT molecular complexity index is 3190. The van der Waals surface area contributed by atoms with Gasteiger partial charge in [-0.1, -0.05) is 74.5 Å². The third-order valence-electron chi connectivity index (χ3n) is 10.3. The largest absolute Gasteiger partial charge is 0.492 e. The number of nitrogens with zero attached hydrogens (tertiary/aromatic N) is 6. The van der Waals surface area contributed by atoms with Crippen molar-refractivity contribution in [2.45, 2.75) is 45.3 Å². The van der Waals surface area contributed by atoms with Gasteiger partial charge in [0.2, 0.25) is 16.8 Å². The second kappa shape index (κ2) is 19.5. The Labute approximate surface area is 407 Å². The van der Waals surface area contributed by atoms with Gasteiger partial charge in [0.25, 0.3) is 0 Å². The van der Waals surface area contributed by atoms with Gasteiger partial charge >= 0.3 is 11.9 Å². The molecule has 1 aliphatic rings.